The third-order valence-corrected chi connectivity index (χ3v) is 2.41. The molecule has 8 heteroatoms. The molecule has 2 rings (SSSR count). The summed E-state index contributed by atoms with van der Waals surface area (Å²) < 4.78 is 31.1. The van der Waals surface area contributed by atoms with Crippen molar-refractivity contribution in [1.29, 1.82) is 0 Å². The molecule has 0 amide bonds. The lowest BCUT2D eigenvalue weighted by atomic mass is 10.3. The van der Waals surface area contributed by atoms with E-state index in [9.17, 15) is 8.42 Å². The molecule has 0 spiro atoms. The Morgan fingerprint density at radius 3 is 2.88 bits per heavy atom. The summed E-state index contributed by atoms with van der Waals surface area (Å²) in [6.45, 7) is 1.44. The molecule has 0 saturated heterocycles. The van der Waals surface area contributed by atoms with Gasteiger partial charge in [-0.2, -0.15) is 0 Å². The maximum atomic E-state index is 11.0. The van der Waals surface area contributed by atoms with Crippen LogP contribution in [0.25, 0.3) is 0 Å². The van der Waals surface area contributed by atoms with Crippen LogP contribution in [0.4, 0.5) is 0 Å². The van der Waals surface area contributed by atoms with E-state index in [4.69, 9.17) is 9.94 Å². The molecule has 1 atom stereocenters. The molecule has 0 radical (unpaired) electrons. The summed E-state index contributed by atoms with van der Waals surface area (Å²) in [5.41, 5.74) is 2.24. The number of hydroxylamine groups is 1. The summed E-state index contributed by atoms with van der Waals surface area (Å²) >= 11 is 0. The number of rotatable bonds is 3. The Balaban J connectivity index is 2.26. The highest BCUT2D eigenvalue weighted by molar-refractivity contribution is 7.82. The number of hydrogen-bond acceptors (Lipinski definition) is 7. The van der Waals surface area contributed by atoms with Crippen molar-refractivity contribution >= 4 is 10.4 Å². The van der Waals surface area contributed by atoms with E-state index in [2.05, 4.69) is 13.8 Å². The normalized spacial score (nSPS) is 18.1. The Morgan fingerprint density at radius 1 is 1.44 bits per heavy atom. The van der Waals surface area contributed by atoms with Crippen molar-refractivity contribution in [2.75, 3.05) is 0 Å². The van der Waals surface area contributed by atoms with Crippen LogP contribution >= 0.6 is 0 Å². The van der Waals surface area contributed by atoms with E-state index in [0.29, 0.717) is 0 Å². The third-order valence-electron chi connectivity index (χ3n) is 1.66. The molecule has 1 aromatic carbocycles. The maximum Gasteiger partial charge on any atom is 0.501 e. The van der Waals surface area contributed by atoms with Gasteiger partial charge in [-0.15, -0.1) is 13.9 Å². The van der Waals surface area contributed by atoms with Crippen molar-refractivity contribution in [3.63, 3.8) is 0 Å². The quantitative estimate of drug-likeness (QED) is 0.570. The first-order valence-corrected chi connectivity index (χ1v) is 5.68. The second kappa shape index (κ2) is 3.81. The molecule has 16 heavy (non-hydrogen) atoms. The van der Waals surface area contributed by atoms with Crippen LogP contribution in [-0.2, 0) is 10.4 Å². The lowest BCUT2D eigenvalue weighted by molar-refractivity contribution is 0.0321. The van der Waals surface area contributed by atoms with Gasteiger partial charge in [-0.25, -0.2) is 0 Å². The highest BCUT2D eigenvalue weighted by atomic mass is 32.3. The number of para-hydroxylation sites is 1. The minimum Gasteiger partial charge on any atom is -0.402 e. The second-order valence-electron chi connectivity index (χ2n) is 3.05. The minimum atomic E-state index is -4.04. The summed E-state index contributed by atoms with van der Waals surface area (Å²) in [5.74, 6) is 0.111. The lowest BCUT2D eigenvalue weighted by Crippen LogP contribution is -2.28. The van der Waals surface area contributed by atoms with Gasteiger partial charge in [0, 0.05) is 0 Å². The molecule has 1 aliphatic rings. The van der Waals surface area contributed by atoms with E-state index in [1.165, 1.54) is 25.1 Å². The third kappa shape index (κ3) is 2.18. The molecule has 88 valence electrons. The zero-order chi connectivity index (χ0) is 11.8. The van der Waals surface area contributed by atoms with Crippen LogP contribution in [0, 0.1) is 0 Å². The van der Waals surface area contributed by atoms with Crippen molar-refractivity contribution < 1.29 is 26.7 Å². The van der Waals surface area contributed by atoms with Gasteiger partial charge in [0.2, 0.25) is 5.75 Å². The largest absolute Gasteiger partial charge is 0.501 e. The van der Waals surface area contributed by atoms with Crippen LogP contribution in [0.2, 0.25) is 0 Å². The van der Waals surface area contributed by atoms with E-state index < -0.39 is 16.6 Å². The van der Waals surface area contributed by atoms with Crippen LogP contribution in [0.5, 0.6) is 17.2 Å². The van der Waals surface area contributed by atoms with Crippen LogP contribution in [0.3, 0.4) is 0 Å². The van der Waals surface area contributed by atoms with Gasteiger partial charge in [-0.3, -0.25) is 0 Å². The molecule has 1 aliphatic heterocycles. The van der Waals surface area contributed by atoms with Crippen molar-refractivity contribution in [2.24, 2.45) is 0 Å². The number of aliphatic hydroxyl groups excluding tert-OH is 1. The summed E-state index contributed by atoms with van der Waals surface area (Å²) in [4.78, 5) is 4.93. The van der Waals surface area contributed by atoms with E-state index in [-0.39, 0.29) is 17.2 Å². The van der Waals surface area contributed by atoms with Gasteiger partial charge in [0.1, 0.15) is 6.23 Å². The van der Waals surface area contributed by atoms with Crippen LogP contribution in [0.1, 0.15) is 6.92 Å². The molecule has 0 aliphatic carbocycles. The molecule has 0 aromatic heterocycles. The monoisotopic (exact) mass is 247 g/mol. The summed E-state index contributed by atoms with van der Waals surface area (Å²) in [6.07, 6.45) is -0.908. The molecule has 0 bridgehead atoms. The number of hydrogen-bond donors (Lipinski definition) is 2. The summed E-state index contributed by atoms with van der Waals surface area (Å²) in [5, 5.41) is 8.94. The number of fused-ring (bicyclic) bond motifs is 1. The zero-order valence-corrected chi connectivity index (χ0v) is 9.02. The smallest absolute Gasteiger partial charge is 0.402 e. The second-order valence-corrected chi connectivity index (χ2v) is 4.20. The molecular weight excluding hydrogens is 238 g/mol. The SMILES string of the molecule is CC(O)NOc1cccc2c1OS(=O)(=O)O2. The standard InChI is InChI=1S/C8H9NO6S/c1-5(10)9-13-6-3-2-4-7-8(6)15-16(11,12)14-7/h2-5,9-10H,1H3. The Labute approximate surface area is 91.8 Å². The van der Waals surface area contributed by atoms with Gasteiger partial charge >= 0.3 is 10.4 Å². The zero-order valence-electron chi connectivity index (χ0n) is 8.21. The van der Waals surface area contributed by atoms with Crippen molar-refractivity contribution in [1.82, 2.24) is 5.48 Å². The van der Waals surface area contributed by atoms with Crippen LogP contribution in [0.15, 0.2) is 18.2 Å². The molecule has 2 N–H and O–H groups in total. The fourth-order valence-corrected chi connectivity index (χ4v) is 1.86. The predicted molar refractivity (Wildman–Crippen MR) is 52.1 cm³/mol. The van der Waals surface area contributed by atoms with Gasteiger partial charge in [-0.05, 0) is 19.1 Å². The maximum absolute atomic E-state index is 11.0. The Hall–Kier alpha value is -1.51. The average Bonchev–Trinajstić information content (AvgIpc) is 2.48. The average molecular weight is 247 g/mol. The fourth-order valence-electron chi connectivity index (χ4n) is 1.10. The number of aliphatic hydroxyl groups is 1. The molecular formula is C8H9NO6S. The van der Waals surface area contributed by atoms with Crippen molar-refractivity contribution in [3.8, 4) is 17.2 Å². The van der Waals surface area contributed by atoms with Crippen molar-refractivity contribution in [2.45, 2.75) is 13.2 Å². The minimum absolute atomic E-state index is 0.0457. The molecule has 0 fully saturated rings. The van der Waals surface area contributed by atoms with Crippen molar-refractivity contribution in [3.05, 3.63) is 18.2 Å². The van der Waals surface area contributed by atoms with Gasteiger partial charge in [-0.1, -0.05) is 6.07 Å². The number of nitrogens with one attached hydrogen (secondary N) is 1. The lowest BCUT2D eigenvalue weighted by Gasteiger charge is -2.09. The van der Waals surface area contributed by atoms with Gasteiger partial charge < -0.3 is 18.3 Å². The first kappa shape index (κ1) is 11.0. The van der Waals surface area contributed by atoms with E-state index >= 15 is 0 Å². The highest BCUT2D eigenvalue weighted by Gasteiger charge is 2.31. The Bertz CT molecular complexity index is 497. The number of benzene rings is 1. The predicted octanol–water partition coefficient (Wildman–Crippen LogP) is -0.0757. The molecule has 7 nitrogen and oxygen atoms in total. The van der Waals surface area contributed by atoms with Gasteiger partial charge in [0.25, 0.3) is 0 Å². The summed E-state index contributed by atoms with van der Waals surface area (Å²) in [7, 11) is -4.04. The highest BCUT2D eigenvalue weighted by Crippen LogP contribution is 2.42. The van der Waals surface area contributed by atoms with Crippen LogP contribution < -0.4 is 18.7 Å². The molecule has 1 unspecified atom stereocenters. The van der Waals surface area contributed by atoms with E-state index in [1.54, 1.807) is 0 Å². The molecule has 1 heterocycles. The Kier molecular flexibility index (Phi) is 2.62. The van der Waals surface area contributed by atoms with Gasteiger partial charge in [0.05, 0.1) is 0 Å². The van der Waals surface area contributed by atoms with E-state index in [1.807, 2.05) is 0 Å². The first-order chi connectivity index (χ1) is 7.48. The van der Waals surface area contributed by atoms with E-state index in [0.717, 1.165) is 0 Å². The topological polar surface area (TPSA) is 94.1 Å². The Morgan fingerprint density at radius 2 is 2.19 bits per heavy atom. The fraction of sp³-hybridized carbons (Fsp3) is 0.250. The molecule has 0 saturated carbocycles. The van der Waals surface area contributed by atoms with Gasteiger partial charge in [0.15, 0.2) is 11.5 Å². The van der Waals surface area contributed by atoms with Crippen LogP contribution in [-0.4, -0.2) is 19.8 Å². The first-order valence-electron chi connectivity index (χ1n) is 4.35. The molecule has 1 aromatic rings. The summed E-state index contributed by atoms with van der Waals surface area (Å²) in [6, 6.07) is 4.43.